The smallest absolute Gasteiger partial charge is 0.192 e. The first kappa shape index (κ1) is 20.2. The molecule has 0 aliphatic carbocycles. The molecule has 144 valence electrons. The van der Waals surface area contributed by atoms with Crippen molar-refractivity contribution in [1.29, 1.82) is 0 Å². The number of allylic oxidation sites excluding steroid dienone is 1. The van der Waals surface area contributed by atoms with Crippen LogP contribution in [0.3, 0.4) is 0 Å². The molecule has 0 saturated carbocycles. The van der Waals surface area contributed by atoms with Crippen LogP contribution in [0.2, 0.25) is 0 Å². The summed E-state index contributed by atoms with van der Waals surface area (Å²) in [4.78, 5) is 14.9. The molecule has 2 N–H and O–H groups in total. The van der Waals surface area contributed by atoms with Gasteiger partial charge >= 0.3 is 0 Å². The van der Waals surface area contributed by atoms with Crippen molar-refractivity contribution in [3.63, 3.8) is 0 Å². The number of nitrogens with zero attached hydrogens (tertiary/aromatic N) is 1. The Morgan fingerprint density at radius 2 is 1.56 bits per heavy atom. The molecule has 0 fully saturated rings. The molecule has 0 aliphatic heterocycles. The van der Waals surface area contributed by atoms with Crippen LogP contribution in [0, 0.1) is 0 Å². The lowest BCUT2D eigenvalue weighted by Gasteiger charge is -2.15. The van der Waals surface area contributed by atoms with E-state index in [1.54, 1.807) is 25.1 Å². The van der Waals surface area contributed by atoms with Crippen LogP contribution in [0.1, 0.15) is 22.8 Å². The Kier molecular flexibility index (Phi) is 6.34. The van der Waals surface area contributed by atoms with Crippen LogP contribution in [0.15, 0.2) is 35.9 Å². The maximum Gasteiger partial charge on any atom is 0.192 e. The molecular weight excluding hydrogens is 344 g/mol. The largest absolute Gasteiger partial charge is 0.496 e. The second-order valence-electron chi connectivity index (χ2n) is 6.28. The number of anilines is 2. The van der Waals surface area contributed by atoms with Crippen LogP contribution in [0.5, 0.6) is 17.2 Å². The van der Waals surface area contributed by atoms with E-state index >= 15 is 0 Å². The van der Waals surface area contributed by atoms with Gasteiger partial charge in [0.15, 0.2) is 17.3 Å². The molecule has 0 heterocycles. The first-order valence-electron chi connectivity index (χ1n) is 8.42. The zero-order chi connectivity index (χ0) is 20.1. The first-order chi connectivity index (χ1) is 12.8. The van der Waals surface area contributed by atoms with E-state index < -0.39 is 0 Å². The zero-order valence-corrected chi connectivity index (χ0v) is 16.6. The molecule has 27 heavy (non-hydrogen) atoms. The Labute approximate surface area is 160 Å². The Morgan fingerprint density at radius 3 is 2.07 bits per heavy atom. The summed E-state index contributed by atoms with van der Waals surface area (Å²) < 4.78 is 15.9. The molecule has 0 amide bonds. The van der Waals surface area contributed by atoms with Crippen molar-refractivity contribution >= 4 is 23.2 Å². The van der Waals surface area contributed by atoms with Gasteiger partial charge in [0.25, 0.3) is 0 Å². The lowest BCUT2D eigenvalue weighted by Crippen LogP contribution is -2.11. The van der Waals surface area contributed by atoms with E-state index in [4.69, 9.17) is 19.9 Å². The summed E-state index contributed by atoms with van der Waals surface area (Å²) in [5.74, 6) is 1.23. The van der Waals surface area contributed by atoms with E-state index in [2.05, 4.69) is 0 Å². The minimum absolute atomic E-state index is 0.164. The molecule has 0 atom stereocenters. The molecule has 6 nitrogen and oxygen atoms in total. The SMILES string of the molecule is COc1cc(OC)c(C(=O)C(C)=Cc2ccc(N(C)C)c(N)c2)cc1OC. The third kappa shape index (κ3) is 4.34. The number of rotatable bonds is 7. The molecule has 2 rings (SSSR count). The summed E-state index contributed by atoms with van der Waals surface area (Å²) in [6.45, 7) is 1.76. The van der Waals surface area contributed by atoms with Gasteiger partial charge in [-0.05, 0) is 42.3 Å². The number of ketones is 1. The second kappa shape index (κ2) is 8.49. The van der Waals surface area contributed by atoms with Crippen LogP contribution < -0.4 is 24.8 Å². The molecule has 2 aromatic carbocycles. The predicted octanol–water partition coefficient (Wildman–Crippen LogP) is 3.65. The van der Waals surface area contributed by atoms with Crippen LogP contribution in [0.4, 0.5) is 11.4 Å². The average molecular weight is 370 g/mol. The number of methoxy groups -OCH3 is 3. The van der Waals surface area contributed by atoms with Crippen LogP contribution in [0.25, 0.3) is 6.08 Å². The Bertz CT molecular complexity index is 873. The standard InChI is InChI=1S/C21H26N2O4/c1-13(9-14-7-8-17(23(2)3)16(22)10-14)21(24)15-11-19(26-5)20(27-6)12-18(15)25-4/h7-12H,22H2,1-6H3. The summed E-state index contributed by atoms with van der Waals surface area (Å²) >= 11 is 0. The molecule has 0 spiro atoms. The van der Waals surface area contributed by atoms with E-state index in [1.807, 2.05) is 37.2 Å². The molecule has 0 unspecified atom stereocenters. The zero-order valence-electron chi connectivity index (χ0n) is 16.6. The van der Waals surface area contributed by atoms with Crippen molar-refractivity contribution < 1.29 is 19.0 Å². The molecule has 6 heteroatoms. The van der Waals surface area contributed by atoms with E-state index in [1.165, 1.54) is 21.3 Å². The number of hydrogen-bond donors (Lipinski definition) is 1. The third-order valence-electron chi connectivity index (χ3n) is 4.23. The number of hydrogen-bond acceptors (Lipinski definition) is 6. The van der Waals surface area contributed by atoms with Crippen LogP contribution in [-0.2, 0) is 0 Å². The summed E-state index contributed by atoms with van der Waals surface area (Å²) in [6.07, 6.45) is 1.80. The molecule has 0 saturated heterocycles. The van der Waals surface area contributed by atoms with Gasteiger partial charge in [-0.15, -0.1) is 0 Å². The summed E-state index contributed by atoms with van der Waals surface area (Å²) in [7, 11) is 8.43. The molecule has 0 radical (unpaired) electrons. The van der Waals surface area contributed by atoms with Crippen LogP contribution >= 0.6 is 0 Å². The summed E-state index contributed by atoms with van der Waals surface area (Å²) in [5, 5.41) is 0. The van der Waals surface area contributed by atoms with Gasteiger partial charge in [-0.2, -0.15) is 0 Å². The van der Waals surface area contributed by atoms with Gasteiger partial charge in [-0.25, -0.2) is 0 Å². The normalized spacial score (nSPS) is 11.1. The monoisotopic (exact) mass is 370 g/mol. The highest BCUT2D eigenvalue weighted by Gasteiger charge is 2.19. The highest BCUT2D eigenvalue weighted by Crippen LogP contribution is 2.36. The van der Waals surface area contributed by atoms with Gasteiger partial charge in [0.1, 0.15) is 5.75 Å². The second-order valence-corrected chi connectivity index (χ2v) is 6.28. The van der Waals surface area contributed by atoms with E-state index in [-0.39, 0.29) is 5.78 Å². The van der Waals surface area contributed by atoms with Crippen molar-refractivity contribution in [3.05, 3.63) is 47.0 Å². The Hall–Kier alpha value is -3.15. The minimum Gasteiger partial charge on any atom is -0.496 e. The van der Waals surface area contributed by atoms with Gasteiger partial charge < -0.3 is 24.8 Å². The fraction of sp³-hybridized carbons (Fsp3) is 0.286. The van der Waals surface area contributed by atoms with E-state index in [0.29, 0.717) is 34.1 Å². The van der Waals surface area contributed by atoms with Crippen molar-refractivity contribution in [2.45, 2.75) is 6.92 Å². The Morgan fingerprint density at radius 1 is 0.963 bits per heavy atom. The van der Waals surface area contributed by atoms with Gasteiger partial charge in [-0.1, -0.05) is 6.07 Å². The van der Waals surface area contributed by atoms with Crippen molar-refractivity contribution in [2.24, 2.45) is 0 Å². The Balaban J connectivity index is 2.42. The van der Waals surface area contributed by atoms with E-state index in [9.17, 15) is 4.79 Å². The predicted molar refractivity (Wildman–Crippen MR) is 109 cm³/mol. The highest BCUT2D eigenvalue weighted by atomic mass is 16.5. The molecule has 0 aromatic heterocycles. The van der Waals surface area contributed by atoms with Crippen molar-refractivity contribution in [3.8, 4) is 17.2 Å². The molecule has 2 aromatic rings. The average Bonchev–Trinajstić information content (AvgIpc) is 2.65. The maximum atomic E-state index is 13.0. The topological polar surface area (TPSA) is 74.0 Å². The van der Waals surface area contributed by atoms with Crippen molar-refractivity contribution in [1.82, 2.24) is 0 Å². The minimum atomic E-state index is -0.164. The quantitative estimate of drug-likeness (QED) is 0.456. The third-order valence-corrected chi connectivity index (χ3v) is 4.23. The number of nitrogens with two attached hydrogens (primary N) is 1. The number of carbonyl (C=O) groups excluding carboxylic acids is 1. The lowest BCUT2D eigenvalue weighted by molar-refractivity contribution is 0.103. The molecular formula is C21H26N2O4. The first-order valence-corrected chi connectivity index (χ1v) is 8.42. The molecule has 0 bridgehead atoms. The van der Waals surface area contributed by atoms with E-state index in [0.717, 1.165) is 11.3 Å². The van der Waals surface area contributed by atoms with Gasteiger partial charge in [0, 0.05) is 20.2 Å². The lowest BCUT2D eigenvalue weighted by atomic mass is 10.0. The van der Waals surface area contributed by atoms with Crippen molar-refractivity contribution in [2.75, 3.05) is 46.1 Å². The number of carbonyl (C=O) groups is 1. The van der Waals surface area contributed by atoms with Gasteiger partial charge in [0.2, 0.25) is 0 Å². The fourth-order valence-corrected chi connectivity index (χ4v) is 2.80. The summed E-state index contributed by atoms with van der Waals surface area (Å²) in [5.41, 5.74) is 9.48. The van der Waals surface area contributed by atoms with Crippen LogP contribution in [-0.4, -0.2) is 41.2 Å². The number of nitrogen functional groups attached to an aromatic ring is 1. The fourth-order valence-electron chi connectivity index (χ4n) is 2.80. The number of ether oxygens (including phenoxy) is 3. The number of benzene rings is 2. The maximum absolute atomic E-state index is 13.0. The number of Topliss-reactive ketones (excluding diaryl/α,β-unsaturated/α-hetero) is 1. The summed E-state index contributed by atoms with van der Waals surface area (Å²) in [6, 6.07) is 8.96. The van der Waals surface area contributed by atoms with Gasteiger partial charge in [0.05, 0.1) is 38.3 Å². The van der Waals surface area contributed by atoms with Gasteiger partial charge in [-0.3, -0.25) is 4.79 Å². The highest BCUT2D eigenvalue weighted by molar-refractivity contribution is 6.13. The molecule has 0 aliphatic rings.